The minimum Gasteiger partial charge on any atom is -0.484 e. The SMILES string of the molecule is CN(C(=O)COc1cccc(NC(=O)c2ccco2)c1)C1CCCCC1. The Morgan fingerprint density at radius 1 is 1.19 bits per heavy atom. The standard InChI is InChI=1S/C20H24N2O4/c1-22(16-8-3-2-4-9-16)19(23)14-26-17-10-5-7-15(13-17)21-20(24)18-11-6-12-25-18/h5-7,10-13,16H,2-4,8-9,14H2,1H3,(H,21,24). The molecule has 0 bridgehead atoms. The number of nitrogens with one attached hydrogen (secondary N) is 1. The Bertz CT molecular complexity index is 736. The van der Waals surface area contributed by atoms with Crippen LogP contribution in [0.1, 0.15) is 42.7 Å². The number of nitrogens with zero attached hydrogens (tertiary/aromatic N) is 1. The third-order valence-corrected chi connectivity index (χ3v) is 4.71. The minimum atomic E-state index is -0.333. The molecule has 0 radical (unpaired) electrons. The number of hydrogen-bond acceptors (Lipinski definition) is 4. The van der Waals surface area contributed by atoms with Crippen molar-refractivity contribution in [3.63, 3.8) is 0 Å². The van der Waals surface area contributed by atoms with Crippen molar-refractivity contribution in [2.45, 2.75) is 38.1 Å². The number of rotatable bonds is 6. The zero-order valence-electron chi connectivity index (χ0n) is 14.9. The second-order valence-corrected chi connectivity index (χ2v) is 6.54. The van der Waals surface area contributed by atoms with Gasteiger partial charge < -0.3 is 19.4 Å². The van der Waals surface area contributed by atoms with E-state index in [9.17, 15) is 9.59 Å². The van der Waals surface area contributed by atoms with Gasteiger partial charge in [-0.1, -0.05) is 25.3 Å². The van der Waals surface area contributed by atoms with E-state index in [0.717, 1.165) is 12.8 Å². The molecule has 26 heavy (non-hydrogen) atoms. The molecule has 1 aromatic carbocycles. The summed E-state index contributed by atoms with van der Waals surface area (Å²) in [6, 6.07) is 10.5. The molecule has 1 aromatic heterocycles. The Balaban J connectivity index is 1.53. The molecule has 1 fully saturated rings. The molecule has 1 aliphatic rings. The lowest BCUT2D eigenvalue weighted by atomic mass is 9.94. The van der Waals surface area contributed by atoms with E-state index in [1.54, 1.807) is 36.4 Å². The normalized spacial score (nSPS) is 14.7. The number of anilines is 1. The average molecular weight is 356 g/mol. The van der Waals surface area contributed by atoms with Gasteiger partial charge in [-0.2, -0.15) is 0 Å². The van der Waals surface area contributed by atoms with Crippen LogP contribution in [0.2, 0.25) is 0 Å². The third kappa shape index (κ3) is 4.65. The highest BCUT2D eigenvalue weighted by Gasteiger charge is 2.22. The lowest BCUT2D eigenvalue weighted by Gasteiger charge is -2.31. The van der Waals surface area contributed by atoms with Crippen LogP contribution in [-0.2, 0) is 4.79 Å². The van der Waals surface area contributed by atoms with E-state index in [2.05, 4.69) is 5.32 Å². The van der Waals surface area contributed by atoms with Crippen LogP contribution in [0, 0.1) is 0 Å². The van der Waals surface area contributed by atoms with Crippen LogP contribution in [-0.4, -0.2) is 36.4 Å². The van der Waals surface area contributed by atoms with Crippen LogP contribution in [0.25, 0.3) is 0 Å². The number of ether oxygens (including phenoxy) is 1. The van der Waals surface area contributed by atoms with E-state index >= 15 is 0 Å². The maximum atomic E-state index is 12.4. The fraction of sp³-hybridized carbons (Fsp3) is 0.400. The lowest BCUT2D eigenvalue weighted by Crippen LogP contribution is -2.40. The Morgan fingerprint density at radius 2 is 2.00 bits per heavy atom. The predicted molar refractivity (Wildman–Crippen MR) is 98.2 cm³/mol. The molecule has 1 heterocycles. The van der Waals surface area contributed by atoms with E-state index in [4.69, 9.17) is 9.15 Å². The molecule has 3 rings (SSSR count). The fourth-order valence-electron chi connectivity index (χ4n) is 3.18. The van der Waals surface area contributed by atoms with Crippen LogP contribution >= 0.6 is 0 Å². The van der Waals surface area contributed by atoms with E-state index in [0.29, 0.717) is 17.5 Å². The van der Waals surface area contributed by atoms with Crippen molar-refractivity contribution in [2.75, 3.05) is 19.0 Å². The molecule has 1 N–H and O–H groups in total. The van der Waals surface area contributed by atoms with Gasteiger partial charge in [-0.25, -0.2) is 0 Å². The number of benzene rings is 1. The number of carbonyl (C=O) groups excluding carboxylic acids is 2. The third-order valence-electron chi connectivity index (χ3n) is 4.71. The molecule has 138 valence electrons. The zero-order valence-corrected chi connectivity index (χ0v) is 14.9. The van der Waals surface area contributed by atoms with Gasteiger partial charge >= 0.3 is 0 Å². The van der Waals surface area contributed by atoms with Gasteiger partial charge in [-0.05, 0) is 37.1 Å². The molecule has 0 unspecified atom stereocenters. The lowest BCUT2D eigenvalue weighted by molar-refractivity contribution is -0.134. The van der Waals surface area contributed by atoms with E-state index < -0.39 is 0 Å². The highest BCUT2D eigenvalue weighted by Crippen LogP contribution is 2.22. The Kier molecular flexibility index (Phi) is 5.94. The van der Waals surface area contributed by atoms with Crippen molar-refractivity contribution < 1.29 is 18.7 Å². The molecule has 0 atom stereocenters. The molecule has 1 saturated carbocycles. The van der Waals surface area contributed by atoms with Gasteiger partial charge in [0.05, 0.1) is 6.26 Å². The van der Waals surface area contributed by atoms with E-state index in [1.165, 1.54) is 25.5 Å². The molecular formula is C20H24N2O4. The molecule has 2 aromatic rings. The molecule has 1 aliphatic carbocycles. The summed E-state index contributed by atoms with van der Waals surface area (Å²) >= 11 is 0. The fourth-order valence-corrected chi connectivity index (χ4v) is 3.18. The van der Waals surface area contributed by atoms with Gasteiger partial charge in [-0.3, -0.25) is 9.59 Å². The largest absolute Gasteiger partial charge is 0.484 e. The van der Waals surface area contributed by atoms with E-state index in [1.807, 2.05) is 11.9 Å². The van der Waals surface area contributed by atoms with Crippen molar-refractivity contribution in [3.05, 3.63) is 48.4 Å². The van der Waals surface area contributed by atoms with Crippen LogP contribution in [0.5, 0.6) is 5.75 Å². The summed E-state index contributed by atoms with van der Waals surface area (Å²) in [4.78, 5) is 26.2. The maximum Gasteiger partial charge on any atom is 0.291 e. The monoisotopic (exact) mass is 356 g/mol. The summed E-state index contributed by atoms with van der Waals surface area (Å²) in [5, 5.41) is 2.74. The Labute approximate surface area is 153 Å². The smallest absolute Gasteiger partial charge is 0.291 e. The Hall–Kier alpha value is -2.76. The molecule has 2 amide bonds. The van der Waals surface area contributed by atoms with Crippen LogP contribution < -0.4 is 10.1 Å². The van der Waals surface area contributed by atoms with Crippen LogP contribution in [0.3, 0.4) is 0 Å². The van der Waals surface area contributed by atoms with Crippen molar-refractivity contribution >= 4 is 17.5 Å². The number of hydrogen-bond donors (Lipinski definition) is 1. The number of likely N-dealkylation sites (N-methyl/N-ethyl adjacent to an activating group) is 1. The molecule has 0 saturated heterocycles. The molecule has 0 aliphatic heterocycles. The zero-order chi connectivity index (χ0) is 18.4. The van der Waals surface area contributed by atoms with Crippen molar-refractivity contribution in [2.24, 2.45) is 0 Å². The van der Waals surface area contributed by atoms with Gasteiger partial charge in [-0.15, -0.1) is 0 Å². The summed E-state index contributed by atoms with van der Waals surface area (Å²) in [6.45, 7) is -0.0113. The number of amides is 2. The Morgan fingerprint density at radius 3 is 2.73 bits per heavy atom. The van der Waals surface area contributed by atoms with Crippen LogP contribution in [0.4, 0.5) is 5.69 Å². The second kappa shape index (κ2) is 8.56. The maximum absolute atomic E-state index is 12.4. The van der Waals surface area contributed by atoms with Crippen LogP contribution in [0.15, 0.2) is 47.1 Å². The summed E-state index contributed by atoms with van der Waals surface area (Å²) < 4.78 is 10.7. The molecule has 6 nitrogen and oxygen atoms in total. The van der Waals surface area contributed by atoms with Gasteiger partial charge in [0, 0.05) is 24.8 Å². The summed E-state index contributed by atoms with van der Waals surface area (Å²) in [6.07, 6.45) is 7.20. The summed E-state index contributed by atoms with van der Waals surface area (Å²) in [5.41, 5.74) is 0.581. The number of carbonyl (C=O) groups is 2. The quantitative estimate of drug-likeness (QED) is 0.857. The van der Waals surface area contributed by atoms with Gasteiger partial charge in [0.2, 0.25) is 0 Å². The van der Waals surface area contributed by atoms with Crippen molar-refractivity contribution in [1.82, 2.24) is 4.90 Å². The first-order chi connectivity index (χ1) is 12.6. The first-order valence-corrected chi connectivity index (χ1v) is 8.97. The summed E-state index contributed by atoms with van der Waals surface area (Å²) in [5.74, 6) is 0.412. The number of furan rings is 1. The predicted octanol–water partition coefficient (Wildman–Crippen LogP) is 3.70. The highest BCUT2D eigenvalue weighted by molar-refractivity contribution is 6.02. The average Bonchev–Trinajstić information content (AvgIpc) is 3.21. The van der Waals surface area contributed by atoms with Gasteiger partial charge in [0.1, 0.15) is 5.75 Å². The molecule has 6 heteroatoms. The van der Waals surface area contributed by atoms with Gasteiger partial charge in [0.15, 0.2) is 12.4 Å². The second-order valence-electron chi connectivity index (χ2n) is 6.54. The summed E-state index contributed by atoms with van der Waals surface area (Å²) in [7, 11) is 1.85. The highest BCUT2D eigenvalue weighted by atomic mass is 16.5. The molecular weight excluding hydrogens is 332 g/mol. The van der Waals surface area contributed by atoms with E-state index in [-0.39, 0.29) is 24.2 Å². The first-order valence-electron chi connectivity index (χ1n) is 8.97. The van der Waals surface area contributed by atoms with Crippen molar-refractivity contribution in [3.8, 4) is 5.75 Å². The minimum absolute atomic E-state index is 0.0113. The van der Waals surface area contributed by atoms with Gasteiger partial charge in [0.25, 0.3) is 11.8 Å². The topological polar surface area (TPSA) is 71.8 Å². The first kappa shape index (κ1) is 18.0. The van der Waals surface area contributed by atoms with Crippen molar-refractivity contribution in [1.29, 1.82) is 0 Å². The molecule has 0 spiro atoms.